The molecule has 1 saturated heterocycles. The van der Waals surface area contributed by atoms with E-state index in [0.29, 0.717) is 27.5 Å². The highest BCUT2D eigenvalue weighted by atomic mass is 35.5. The van der Waals surface area contributed by atoms with Gasteiger partial charge in [0.15, 0.2) is 0 Å². The van der Waals surface area contributed by atoms with Crippen LogP contribution >= 0.6 is 11.6 Å². The first-order valence-electron chi connectivity index (χ1n) is 9.86. The van der Waals surface area contributed by atoms with E-state index in [1.807, 2.05) is 0 Å². The van der Waals surface area contributed by atoms with E-state index >= 15 is 0 Å². The van der Waals surface area contributed by atoms with Gasteiger partial charge in [-0.3, -0.25) is 19.3 Å². The number of amides is 2. The van der Waals surface area contributed by atoms with Crippen LogP contribution in [0.4, 0.5) is 11.4 Å². The van der Waals surface area contributed by atoms with E-state index < -0.39 is 17.7 Å². The third-order valence-electron chi connectivity index (χ3n) is 5.14. The molecule has 0 bridgehead atoms. The molecule has 2 N–H and O–H groups in total. The topological polar surface area (TPSA) is 86.7 Å². The fourth-order valence-corrected chi connectivity index (χ4v) is 3.85. The third-order valence-corrected chi connectivity index (χ3v) is 5.40. The number of anilines is 2. The van der Waals surface area contributed by atoms with Gasteiger partial charge in [0.25, 0.3) is 11.7 Å². The number of hydrogen-bond donors (Lipinski definition) is 2. The van der Waals surface area contributed by atoms with E-state index in [2.05, 4.69) is 5.32 Å². The first-order valence-corrected chi connectivity index (χ1v) is 10.2. The Kier molecular flexibility index (Phi) is 5.79. The van der Waals surface area contributed by atoms with Gasteiger partial charge in [0, 0.05) is 28.9 Å². The molecular weight excluding hydrogens is 428 g/mol. The fourth-order valence-electron chi connectivity index (χ4n) is 3.72. The van der Waals surface area contributed by atoms with E-state index in [9.17, 15) is 19.5 Å². The van der Waals surface area contributed by atoms with Crippen molar-refractivity contribution in [3.05, 3.63) is 101 Å². The number of Topliss-reactive ketones (excluding diaryl/α,β-unsaturated/α-hetero) is 1. The Balaban J connectivity index is 1.87. The Hall–Kier alpha value is -3.90. The van der Waals surface area contributed by atoms with Gasteiger partial charge in [0.1, 0.15) is 5.76 Å². The second-order valence-electron chi connectivity index (χ2n) is 7.31. The quantitative estimate of drug-likeness (QED) is 0.338. The van der Waals surface area contributed by atoms with Crippen molar-refractivity contribution < 1.29 is 19.5 Å². The summed E-state index contributed by atoms with van der Waals surface area (Å²) in [6.07, 6.45) is 0. The lowest BCUT2D eigenvalue weighted by Crippen LogP contribution is -2.29. The van der Waals surface area contributed by atoms with Crippen LogP contribution in [0, 0.1) is 0 Å². The third kappa shape index (κ3) is 4.00. The first kappa shape index (κ1) is 21.3. The highest BCUT2D eigenvalue weighted by Gasteiger charge is 2.46. The Morgan fingerprint density at radius 2 is 1.56 bits per heavy atom. The summed E-state index contributed by atoms with van der Waals surface area (Å²) in [5.41, 5.74) is 2.07. The minimum absolute atomic E-state index is 0.00513. The van der Waals surface area contributed by atoms with E-state index in [4.69, 9.17) is 11.6 Å². The standard InChI is InChI=1S/C25H19ClN2O4/c1-15(29)27-19-11-13-20(14-12-19)28-22(16-7-9-18(26)10-8-16)21(24(31)25(28)32)23(30)17-5-3-2-4-6-17/h2-14,22,30H,1H3,(H,27,29)/b23-21+. The number of rotatable bonds is 4. The molecule has 1 aliphatic rings. The number of carbonyl (C=O) groups is 3. The van der Waals surface area contributed by atoms with Crippen LogP contribution in [0.2, 0.25) is 5.02 Å². The highest BCUT2D eigenvalue weighted by molar-refractivity contribution is 6.51. The predicted octanol–water partition coefficient (Wildman–Crippen LogP) is 4.92. The number of benzene rings is 3. The molecule has 1 atom stereocenters. The maximum atomic E-state index is 13.1. The van der Waals surface area contributed by atoms with Gasteiger partial charge in [-0.1, -0.05) is 54.1 Å². The minimum atomic E-state index is -0.848. The average molecular weight is 447 g/mol. The Morgan fingerprint density at radius 3 is 2.16 bits per heavy atom. The molecule has 1 heterocycles. The molecule has 1 aliphatic heterocycles. The molecule has 2 amide bonds. The summed E-state index contributed by atoms with van der Waals surface area (Å²) < 4.78 is 0. The lowest BCUT2D eigenvalue weighted by atomic mass is 9.95. The van der Waals surface area contributed by atoms with E-state index in [1.165, 1.54) is 11.8 Å². The molecule has 1 unspecified atom stereocenters. The lowest BCUT2D eigenvalue weighted by Gasteiger charge is -2.25. The van der Waals surface area contributed by atoms with E-state index in [1.54, 1.807) is 78.9 Å². The molecule has 160 valence electrons. The van der Waals surface area contributed by atoms with Crippen LogP contribution in [0.3, 0.4) is 0 Å². The van der Waals surface area contributed by atoms with Gasteiger partial charge < -0.3 is 10.4 Å². The second-order valence-corrected chi connectivity index (χ2v) is 7.75. The molecule has 7 heteroatoms. The number of carbonyl (C=O) groups excluding carboxylic acids is 3. The molecular formula is C25H19ClN2O4. The van der Waals surface area contributed by atoms with Gasteiger partial charge in [-0.15, -0.1) is 0 Å². The highest BCUT2D eigenvalue weighted by Crippen LogP contribution is 2.42. The van der Waals surface area contributed by atoms with Gasteiger partial charge in [-0.2, -0.15) is 0 Å². The smallest absolute Gasteiger partial charge is 0.300 e. The Morgan fingerprint density at radius 1 is 0.938 bits per heavy atom. The molecule has 3 aromatic rings. The van der Waals surface area contributed by atoms with Crippen LogP contribution < -0.4 is 10.2 Å². The number of nitrogens with zero attached hydrogens (tertiary/aromatic N) is 1. The van der Waals surface area contributed by atoms with Crippen LogP contribution in [0.1, 0.15) is 24.1 Å². The molecule has 6 nitrogen and oxygen atoms in total. The molecule has 0 spiro atoms. The van der Waals surface area contributed by atoms with Crippen molar-refractivity contribution in [2.75, 3.05) is 10.2 Å². The van der Waals surface area contributed by atoms with Gasteiger partial charge >= 0.3 is 0 Å². The van der Waals surface area contributed by atoms with Crippen LogP contribution in [0.25, 0.3) is 5.76 Å². The molecule has 3 aromatic carbocycles. The number of nitrogens with one attached hydrogen (secondary N) is 1. The van der Waals surface area contributed by atoms with Crippen LogP contribution in [0.15, 0.2) is 84.4 Å². The van der Waals surface area contributed by atoms with Crippen molar-refractivity contribution in [1.29, 1.82) is 0 Å². The van der Waals surface area contributed by atoms with Crippen molar-refractivity contribution in [2.45, 2.75) is 13.0 Å². The number of ketones is 1. The zero-order valence-corrected chi connectivity index (χ0v) is 17.8. The molecule has 1 fully saturated rings. The van der Waals surface area contributed by atoms with Crippen molar-refractivity contribution in [2.24, 2.45) is 0 Å². The zero-order valence-electron chi connectivity index (χ0n) is 17.1. The number of halogens is 1. The van der Waals surface area contributed by atoms with E-state index in [0.717, 1.165) is 0 Å². The van der Waals surface area contributed by atoms with Gasteiger partial charge in [-0.05, 0) is 42.0 Å². The first-order chi connectivity index (χ1) is 15.4. The summed E-state index contributed by atoms with van der Waals surface area (Å²) in [6, 6.07) is 21.1. The maximum Gasteiger partial charge on any atom is 0.300 e. The van der Waals surface area contributed by atoms with Crippen LogP contribution in [-0.2, 0) is 14.4 Å². The van der Waals surface area contributed by atoms with Crippen LogP contribution in [0.5, 0.6) is 0 Å². The average Bonchev–Trinajstić information content (AvgIpc) is 3.05. The fraction of sp³-hybridized carbons (Fsp3) is 0.0800. The van der Waals surface area contributed by atoms with Gasteiger partial charge in [0.2, 0.25) is 5.91 Å². The van der Waals surface area contributed by atoms with Crippen LogP contribution in [-0.4, -0.2) is 22.7 Å². The zero-order chi connectivity index (χ0) is 22.8. The summed E-state index contributed by atoms with van der Waals surface area (Å²) >= 11 is 6.04. The van der Waals surface area contributed by atoms with Crippen molar-refractivity contribution in [3.63, 3.8) is 0 Å². The number of aliphatic hydroxyl groups excluding tert-OH is 1. The maximum absolute atomic E-state index is 13.1. The molecule has 0 aliphatic carbocycles. The van der Waals surface area contributed by atoms with Gasteiger partial charge in [-0.25, -0.2) is 0 Å². The molecule has 0 aromatic heterocycles. The Bertz CT molecular complexity index is 1220. The monoisotopic (exact) mass is 446 g/mol. The summed E-state index contributed by atoms with van der Waals surface area (Å²) in [5.74, 6) is -2.00. The summed E-state index contributed by atoms with van der Waals surface area (Å²) in [7, 11) is 0. The molecule has 0 saturated carbocycles. The normalized spacial score (nSPS) is 17.4. The Labute approximate surface area is 189 Å². The van der Waals surface area contributed by atoms with Crippen molar-refractivity contribution in [1.82, 2.24) is 0 Å². The lowest BCUT2D eigenvalue weighted by molar-refractivity contribution is -0.132. The van der Waals surface area contributed by atoms with E-state index in [-0.39, 0.29) is 17.2 Å². The molecule has 32 heavy (non-hydrogen) atoms. The summed E-state index contributed by atoms with van der Waals surface area (Å²) in [6.45, 7) is 1.40. The van der Waals surface area contributed by atoms with Gasteiger partial charge in [0.05, 0.1) is 11.6 Å². The largest absolute Gasteiger partial charge is 0.507 e. The minimum Gasteiger partial charge on any atom is -0.507 e. The number of hydrogen-bond acceptors (Lipinski definition) is 4. The molecule has 0 radical (unpaired) electrons. The second kappa shape index (κ2) is 8.69. The summed E-state index contributed by atoms with van der Waals surface area (Å²) in [5, 5.41) is 14.2. The summed E-state index contributed by atoms with van der Waals surface area (Å²) in [4.78, 5) is 38.8. The molecule has 4 rings (SSSR count). The van der Waals surface area contributed by atoms with Crippen molar-refractivity contribution >= 4 is 46.3 Å². The number of aliphatic hydroxyl groups is 1. The van der Waals surface area contributed by atoms with Crippen molar-refractivity contribution in [3.8, 4) is 0 Å². The SMILES string of the molecule is CC(=O)Nc1ccc(N2C(=O)C(=O)/C(=C(/O)c3ccccc3)C2c2ccc(Cl)cc2)cc1. The predicted molar refractivity (Wildman–Crippen MR) is 123 cm³/mol.